The fraction of sp³-hybridized carbons (Fsp3) is 0.125. The Balaban J connectivity index is 1.98. The molecule has 0 unspecified atom stereocenters. The number of aryl methyl sites for hydroxylation is 1. The summed E-state index contributed by atoms with van der Waals surface area (Å²) in [5.74, 6) is 0.441. The zero-order valence-corrected chi connectivity index (χ0v) is 12.3. The third kappa shape index (κ3) is 2.48. The summed E-state index contributed by atoms with van der Waals surface area (Å²) < 4.78 is 5.23. The largest absolute Gasteiger partial charge is 0.465 e. The van der Waals surface area contributed by atoms with Crippen molar-refractivity contribution in [3.05, 3.63) is 59.7 Å². The molecule has 1 aliphatic heterocycles. The van der Waals surface area contributed by atoms with Crippen LogP contribution in [0.5, 0.6) is 0 Å². The van der Waals surface area contributed by atoms with E-state index in [1.165, 1.54) is 4.90 Å². The highest BCUT2D eigenvalue weighted by Gasteiger charge is 2.33. The number of thiocarbonyl (C=S) groups is 1. The van der Waals surface area contributed by atoms with Gasteiger partial charge in [0.1, 0.15) is 11.5 Å². The molecule has 1 fully saturated rings. The number of carbonyl (C=O) groups is 1. The van der Waals surface area contributed by atoms with Crippen molar-refractivity contribution in [2.45, 2.75) is 13.3 Å². The van der Waals surface area contributed by atoms with Gasteiger partial charge in [-0.2, -0.15) is 0 Å². The standard InChI is InChI=1S/C16H14N2O2S/c1-2-11-6-3-4-8-14(11)18-15(19)13(17-16(18)21)10-12-7-5-9-20-12/h3-10H,2H2,1H3,(H,17,21)/b13-10-. The molecule has 5 heteroatoms. The molecule has 1 aromatic carbocycles. The molecule has 1 saturated heterocycles. The fourth-order valence-corrected chi connectivity index (χ4v) is 2.59. The van der Waals surface area contributed by atoms with Crippen molar-refractivity contribution < 1.29 is 9.21 Å². The highest BCUT2D eigenvalue weighted by atomic mass is 32.1. The van der Waals surface area contributed by atoms with E-state index in [4.69, 9.17) is 16.6 Å². The van der Waals surface area contributed by atoms with E-state index < -0.39 is 0 Å². The van der Waals surface area contributed by atoms with Gasteiger partial charge in [-0.1, -0.05) is 25.1 Å². The summed E-state index contributed by atoms with van der Waals surface area (Å²) in [6, 6.07) is 11.3. The van der Waals surface area contributed by atoms with Crippen LogP contribution in [0.3, 0.4) is 0 Å². The summed E-state index contributed by atoms with van der Waals surface area (Å²) in [5, 5.41) is 3.34. The SMILES string of the molecule is CCc1ccccc1N1C(=O)/C(=C/c2ccco2)NC1=S. The average molecular weight is 298 g/mol. The number of anilines is 1. The topological polar surface area (TPSA) is 45.5 Å². The zero-order chi connectivity index (χ0) is 14.8. The van der Waals surface area contributed by atoms with Gasteiger partial charge in [-0.3, -0.25) is 9.69 Å². The summed E-state index contributed by atoms with van der Waals surface area (Å²) in [6.45, 7) is 2.05. The maximum Gasteiger partial charge on any atom is 0.281 e. The van der Waals surface area contributed by atoms with Crippen molar-refractivity contribution in [2.24, 2.45) is 0 Å². The van der Waals surface area contributed by atoms with Gasteiger partial charge in [0.25, 0.3) is 5.91 Å². The first-order chi connectivity index (χ1) is 10.2. The first-order valence-electron chi connectivity index (χ1n) is 6.69. The molecule has 2 aromatic rings. The molecule has 0 bridgehead atoms. The molecule has 3 rings (SSSR count). The lowest BCUT2D eigenvalue weighted by Crippen LogP contribution is -2.31. The van der Waals surface area contributed by atoms with E-state index in [1.54, 1.807) is 24.5 Å². The molecule has 0 spiro atoms. The summed E-state index contributed by atoms with van der Waals surface area (Å²) in [4.78, 5) is 14.1. The van der Waals surface area contributed by atoms with Gasteiger partial charge in [0.2, 0.25) is 0 Å². The first kappa shape index (κ1) is 13.6. The lowest BCUT2D eigenvalue weighted by Gasteiger charge is -2.17. The molecule has 2 heterocycles. The summed E-state index contributed by atoms with van der Waals surface area (Å²) in [7, 11) is 0. The van der Waals surface area contributed by atoms with Crippen LogP contribution in [0.2, 0.25) is 0 Å². The van der Waals surface area contributed by atoms with E-state index in [0.29, 0.717) is 16.6 Å². The Morgan fingerprint density at radius 2 is 2.10 bits per heavy atom. The Kier molecular flexibility index (Phi) is 3.58. The van der Waals surface area contributed by atoms with Gasteiger partial charge in [-0.15, -0.1) is 0 Å². The third-order valence-electron chi connectivity index (χ3n) is 3.32. The zero-order valence-electron chi connectivity index (χ0n) is 11.5. The molecule has 4 nitrogen and oxygen atoms in total. The highest BCUT2D eigenvalue weighted by Crippen LogP contribution is 2.26. The normalized spacial score (nSPS) is 16.6. The van der Waals surface area contributed by atoms with E-state index in [9.17, 15) is 4.79 Å². The van der Waals surface area contributed by atoms with Gasteiger partial charge >= 0.3 is 0 Å². The van der Waals surface area contributed by atoms with Crippen molar-refractivity contribution in [2.75, 3.05) is 4.90 Å². The van der Waals surface area contributed by atoms with Crippen molar-refractivity contribution in [3.63, 3.8) is 0 Å². The number of nitrogens with zero attached hydrogens (tertiary/aromatic N) is 1. The number of para-hydroxylation sites is 1. The number of furan rings is 1. The molecular formula is C16H14N2O2S. The molecule has 0 radical (unpaired) electrons. The molecule has 0 atom stereocenters. The van der Waals surface area contributed by atoms with Crippen LogP contribution in [0, 0.1) is 0 Å². The molecule has 1 amide bonds. The summed E-state index contributed by atoms with van der Waals surface area (Å²) >= 11 is 5.30. The molecule has 0 aliphatic carbocycles. The van der Waals surface area contributed by atoms with Crippen LogP contribution < -0.4 is 10.2 Å². The Hall–Kier alpha value is -2.40. The maximum absolute atomic E-state index is 12.6. The number of hydrogen-bond acceptors (Lipinski definition) is 3. The Bertz CT molecular complexity index is 720. The summed E-state index contributed by atoms with van der Waals surface area (Å²) in [6.07, 6.45) is 4.05. The lowest BCUT2D eigenvalue weighted by molar-refractivity contribution is -0.113. The molecule has 106 valence electrons. The monoisotopic (exact) mass is 298 g/mol. The lowest BCUT2D eigenvalue weighted by atomic mass is 10.1. The minimum atomic E-state index is -0.169. The average Bonchev–Trinajstić information content (AvgIpc) is 3.09. The number of rotatable bonds is 3. The third-order valence-corrected chi connectivity index (χ3v) is 3.61. The predicted octanol–water partition coefficient (Wildman–Crippen LogP) is 3.10. The van der Waals surface area contributed by atoms with Crippen molar-refractivity contribution in [1.82, 2.24) is 5.32 Å². The Morgan fingerprint density at radius 3 is 2.81 bits per heavy atom. The summed E-state index contributed by atoms with van der Waals surface area (Å²) in [5.41, 5.74) is 2.32. The van der Waals surface area contributed by atoms with Crippen LogP contribution >= 0.6 is 12.2 Å². The van der Waals surface area contributed by atoms with Crippen molar-refractivity contribution >= 4 is 35.0 Å². The smallest absolute Gasteiger partial charge is 0.281 e. The highest BCUT2D eigenvalue weighted by molar-refractivity contribution is 7.80. The number of nitrogens with one attached hydrogen (secondary N) is 1. The molecule has 0 saturated carbocycles. The Morgan fingerprint density at radius 1 is 1.29 bits per heavy atom. The van der Waals surface area contributed by atoms with E-state index >= 15 is 0 Å². The number of hydrogen-bond donors (Lipinski definition) is 1. The van der Waals surface area contributed by atoms with Gasteiger partial charge in [0, 0.05) is 6.08 Å². The van der Waals surface area contributed by atoms with E-state index in [-0.39, 0.29) is 5.91 Å². The van der Waals surface area contributed by atoms with Gasteiger partial charge in [-0.05, 0) is 42.4 Å². The Labute approximate surface area is 128 Å². The first-order valence-corrected chi connectivity index (χ1v) is 7.10. The predicted molar refractivity (Wildman–Crippen MR) is 85.7 cm³/mol. The second-order valence-corrected chi connectivity index (χ2v) is 5.01. The van der Waals surface area contributed by atoms with E-state index in [1.807, 2.05) is 24.3 Å². The van der Waals surface area contributed by atoms with Crippen molar-refractivity contribution in [1.29, 1.82) is 0 Å². The quantitative estimate of drug-likeness (QED) is 0.698. The van der Waals surface area contributed by atoms with Crippen LogP contribution in [-0.4, -0.2) is 11.0 Å². The molecule has 21 heavy (non-hydrogen) atoms. The minimum absolute atomic E-state index is 0.169. The van der Waals surface area contributed by atoms with Crippen LogP contribution in [0.25, 0.3) is 6.08 Å². The molecule has 1 N–H and O–H groups in total. The number of benzene rings is 1. The second-order valence-electron chi connectivity index (χ2n) is 4.63. The molecule has 1 aromatic heterocycles. The van der Waals surface area contributed by atoms with Gasteiger partial charge < -0.3 is 9.73 Å². The van der Waals surface area contributed by atoms with Gasteiger partial charge in [0.05, 0.1) is 12.0 Å². The number of carbonyl (C=O) groups excluding carboxylic acids is 1. The second kappa shape index (κ2) is 5.54. The van der Waals surface area contributed by atoms with Crippen LogP contribution in [0.15, 0.2) is 52.8 Å². The molecular weight excluding hydrogens is 284 g/mol. The van der Waals surface area contributed by atoms with Gasteiger partial charge in [0.15, 0.2) is 5.11 Å². The van der Waals surface area contributed by atoms with Crippen LogP contribution in [0.4, 0.5) is 5.69 Å². The number of amides is 1. The maximum atomic E-state index is 12.6. The van der Waals surface area contributed by atoms with Crippen molar-refractivity contribution in [3.8, 4) is 0 Å². The fourth-order valence-electron chi connectivity index (χ4n) is 2.30. The molecule has 1 aliphatic rings. The van der Waals surface area contributed by atoms with E-state index in [0.717, 1.165) is 17.7 Å². The van der Waals surface area contributed by atoms with Gasteiger partial charge in [-0.25, -0.2) is 0 Å². The van der Waals surface area contributed by atoms with Crippen LogP contribution in [-0.2, 0) is 11.2 Å². The minimum Gasteiger partial charge on any atom is -0.465 e. The van der Waals surface area contributed by atoms with Crippen LogP contribution in [0.1, 0.15) is 18.2 Å². The van der Waals surface area contributed by atoms with E-state index in [2.05, 4.69) is 12.2 Å².